The van der Waals surface area contributed by atoms with E-state index in [0.717, 1.165) is 24.6 Å². The van der Waals surface area contributed by atoms with Crippen LogP contribution in [0.25, 0.3) is 0 Å². The van der Waals surface area contributed by atoms with Gasteiger partial charge in [-0.3, -0.25) is 5.10 Å². The van der Waals surface area contributed by atoms with Gasteiger partial charge in [0, 0.05) is 6.42 Å². The second-order valence-corrected chi connectivity index (χ2v) is 6.74. The summed E-state index contributed by atoms with van der Waals surface area (Å²) < 4.78 is 0. The Morgan fingerprint density at radius 2 is 1.87 bits per heavy atom. The first-order valence-electron chi connectivity index (χ1n) is 7.82. The number of hydrogen-bond acceptors (Lipinski definition) is 5. The van der Waals surface area contributed by atoms with E-state index in [4.69, 9.17) is 0 Å². The molecule has 0 bridgehead atoms. The third kappa shape index (κ3) is 3.72. The van der Waals surface area contributed by atoms with E-state index in [2.05, 4.69) is 27.3 Å². The van der Waals surface area contributed by atoms with Crippen LogP contribution in [-0.4, -0.2) is 15.2 Å². The van der Waals surface area contributed by atoms with Crippen molar-refractivity contribution < 1.29 is 0 Å². The normalized spacial score (nSPS) is 14.5. The number of rotatable bonds is 5. The average molecular weight is 323 g/mol. The number of hydrogen-bond donors (Lipinski definition) is 1. The smallest absolute Gasteiger partial charge is 0.213 e. The van der Waals surface area contributed by atoms with Gasteiger partial charge in [-0.1, -0.05) is 31.7 Å². The topological polar surface area (TPSA) is 89.1 Å². The fourth-order valence-corrected chi connectivity index (χ4v) is 3.87. The molecule has 1 saturated carbocycles. The van der Waals surface area contributed by atoms with Gasteiger partial charge in [0.05, 0.1) is 16.0 Å². The first-order valence-corrected chi connectivity index (χ1v) is 8.64. The monoisotopic (exact) mass is 323 g/mol. The summed E-state index contributed by atoms with van der Waals surface area (Å²) >= 11 is 1.27. The van der Waals surface area contributed by atoms with Gasteiger partial charge in [-0.15, -0.1) is 5.10 Å². The van der Waals surface area contributed by atoms with Crippen molar-refractivity contribution in [2.24, 2.45) is 5.92 Å². The second kappa shape index (κ2) is 7.30. The molecule has 1 fully saturated rings. The van der Waals surface area contributed by atoms with E-state index in [1.165, 1.54) is 37.4 Å². The summed E-state index contributed by atoms with van der Waals surface area (Å²) in [4.78, 5) is 5.12. The summed E-state index contributed by atoms with van der Waals surface area (Å²) in [6.45, 7) is 0. The summed E-state index contributed by atoms with van der Waals surface area (Å²) in [6, 6.07) is 9.37. The van der Waals surface area contributed by atoms with Crippen molar-refractivity contribution in [3.05, 3.63) is 35.2 Å². The Bertz CT molecular complexity index is 730. The van der Waals surface area contributed by atoms with Crippen molar-refractivity contribution in [3.8, 4) is 12.1 Å². The molecule has 1 aromatic heterocycles. The molecule has 3 rings (SSSR count). The standard InChI is InChI=1S/C17H17N5S/c18-10-13-6-3-7-14(11-19)16(13)23-17-20-15(21-22-17)9-8-12-4-1-2-5-12/h3,6-7,12H,1-2,4-5,8-9H2,(H,20,21,22). The minimum absolute atomic E-state index is 0.478. The first kappa shape index (κ1) is 15.6. The molecule has 0 spiro atoms. The predicted molar refractivity (Wildman–Crippen MR) is 86.7 cm³/mol. The molecule has 23 heavy (non-hydrogen) atoms. The molecule has 5 nitrogen and oxygen atoms in total. The predicted octanol–water partition coefficient (Wildman–Crippen LogP) is 3.82. The molecule has 0 amide bonds. The highest BCUT2D eigenvalue weighted by atomic mass is 32.2. The number of nitriles is 2. The van der Waals surface area contributed by atoms with Crippen molar-refractivity contribution in [2.75, 3.05) is 0 Å². The highest BCUT2D eigenvalue weighted by Gasteiger charge is 2.17. The number of nitrogens with one attached hydrogen (secondary N) is 1. The summed E-state index contributed by atoms with van der Waals surface area (Å²) in [6.07, 6.45) is 7.42. The molecule has 0 aliphatic heterocycles. The number of aromatic nitrogens is 3. The highest BCUT2D eigenvalue weighted by molar-refractivity contribution is 7.99. The lowest BCUT2D eigenvalue weighted by molar-refractivity contribution is 0.497. The molecule has 2 aromatic rings. The minimum Gasteiger partial charge on any atom is -0.262 e. The maximum atomic E-state index is 9.21. The van der Waals surface area contributed by atoms with E-state index >= 15 is 0 Å². The van der Waals surface area contributed by atoms with Crippen LogP contribution in [0.3, 0.4) is 0 Å². The Labute approximate surface area is 139 Å². The molecule has 0 radical (unpaired) electrons. The van der Waals surface area contributed by atoms with Crippen LogP contribution in [0.5, 0.6) is 0 Å². The molecule has 1 aliphatic rings. The quantitative estimate of drug-likeness (QED) is 0.903. The van der Waals surface area contributed by atoms with Gasteiger partial charge in [-0.05, 0) is 36.2 Å². The van der Waals surface area contributed by atoms with E-state index in [-0.39, 0.29) is 0 Å². The molecule has 116 valence electrons. The van der Waals surface area contributed by atoms with Gasteiger partial charge in [0.2, 0.25) is 5.16 Å². The molecule has 0 unspecified atom stereocenters. The Balaban J connectivity index is 1.70. The van der Waals surface area contributed by atoms with Gasteiger partial charge >= 0.3 is 0 Å². The molecular weight excluding hydrogens is 306 g/mol. The molecule has 1 aromatic carbocycles. The van der Waals surface area contributed by atoms with Gasteiger partial charge in [-0.2, -0.15) is 10.5 Å². The lowest BCUT2D eigenvalue weighted by Gasteiger charge is -2.05. The zero-order valence-electron chi connectivity index (χ0n) is 12.7. The van der Waals surface area contributed by atoms with Crippen molar-refractivity contribution >= 4 is 11.8 Å². The lowest BCUT2D eigenvalue weighted by Crippen LogP contribution is -1.97. The zero-order valence-corrected chi connectivity index (χ0v) is 13.6. The van der Waals surface area contributed by atoms with Crippen LogP contribution in [0.15, 0.2) is 28.3 Å². The number of aromatic amines is 1. The van der Waals surface area contributed by atoms with Gasteiger partial charge in [0.25, 0.3) is 0 Å². The Hall–Kier alpha value is -2.31. The minimum atomic E-state index is 0.478. The molecule has 1 aliphatic carbocycles. The number of H-pyrrole nitrogens is 1. The summed E-state index contributed by atoms with van der Waals surface area (Å²) in [7, 11) is 0. The van der Waals surface area contributed by atoms with Gasteiger partial charge in [-0.25, -0.2) is 4.98 Å². The van der Waals surface area contributed by atoms with Crippen LogP contribution in [0, 0.1) is 28.6 Å². The maximum absolute atomic E-state index is 9.21. The van der Waals surface area contributed by atoms with E-state index in [0.29, 0.717) is 21.2 Å². The fourth-order valence-electron chi connectivity index (χ4n) is 2.99. The second-order valence-electron chi connectivity index (χ2n) is 5.76. The lowest BCUT2D eigenvalue weighted by atomic mass is 10.0. The summed E-state index contributed by atoms with van der Waals surface area (Å²) in [5.74, 6) is 1.70. The number of nitrogens with zero attached hydrogens (tertiary/aromatic N) is 4. The van der Waals surface area contributed by atoms with Gasteiger partial charge in [0.15, 0.2) is 0 Å². The van der Waals surface area contributed by atoms with Crippen LogP contribution in [0.2, 0.25) is 0 Å². The van der Waals surface area contributed by atoms with E-state index < -0.39 is 0 Å². The van der Waals surface area contributed by atoms with Crippen molar-refractivity contribution in [2.45, 2.75) is 48.6 Å². The third-order valence-electron chi connectivity index (χ3n) is 4.22. The van der Waals surface area contributed by atoms with E-state index in [1.54, 1.807) is 18.2 Å². The Morgan fingerprint density at radius 3 is 2.52 bits per heavy atom. The zero-order chi connectivity index (χ0) is 16.1. The SMILES string of the molecule is N#Cc1cccc(C#N)c1Sc1n[nH]c(CCC2CCCC2)n1. The number of aryl methyl sites for hydroxylation is 1. The van der Waals surface area contributed by atoms with Crippen molar-refractivity contribution in [1.29, 1.82) is 10.5 Å². The van der Waals surface area contributed by atoms with Crippen LogP contribution >= 0.6 is 11.8 Å². The molecule has 1 heterocycles. The Morgan fingerprint density at radius 1 is 1.17 bits per heavy atom. The molecule has 6 heteroatoms. The van der Waals surface area contributed by atoms with E-state index in [1.807, 2.05) is 0 Å². The summed E-state index contributed by atoms with van der Waals surface area (Å²) in [5.41, 5.74) is 0.956. The van der Waals surface area contributed by atoms with Crippen LogP contribution in [-0.2, 0) is 6.42 Å². The Kier molecular flexibility index (Phi) is 4.95. The molecule has 0 saturated heterocycles. The third-order valence-corrected chi connectivity index (χ3v) is 5.23. The molecule has 0 atom stereocenters. The maximum Gasteiger partial charge on any atom is 0.213 e. The highest BCUT2D eigenvalue weighted by Crippen LogP contribution is 2.31. The largest absolute Gasteiger partial charge is 0.262 e. The van der Waals surface area contributed by atoms with Crippen LogP contribution < -0.4 is 0 Å². The fraction of sp³-hybridized carbons (Fsp3) is 0.412. The molecule has 1 N–H and O–H groups in total. The van der Waals surface area contributed by atoms with Crippen LogP contribution in [0.4, 0.5) is 0 Å². The van der Waals surface area contributed by atoms with E-state index in [9.17, 15) is 10.5 Å². The number of benzene rings is 1. The van der Waals surface area contributed by atoms with Gasteiger partial charge in [0.1, 0.15) is 18.0 Å². The summed E-state index contributed by atoms with van der Waals surface area (Å²) in [5, 5.41) is 26.2. The van der Waals surface area contributed by atoms with Crippen molar-refractivity contribution in [3.63, 3.8) is 0 Å². The molecular formula is C17H17N5S. The van der Waals surface area contributed by atoms with Crippen molar-refractivity contribution in [1.82, 2.24) is 15.2 Å². The first-order chi connectivity index (χ1) is 11.3. The van der Waals surface area contributed by atoms with Gasteiger partial charge < -0.3 is 0 Å². The van der Waals surface area contributed by atoms with Crippen LogP contribution in [0.1, 0.15) is 49.1 Å². The average Bonchev–Trinajstić information content (AvgIpc) is 3.24.